The van der Waals surface area contributed by atoms with Crippen molar-refractivity contribution < 1.29 is 52.4 Å². The number of ether oxygens (including phenoxy) is 6. The second-order valence-electron chi connectivity index (χ2n) is 12.7. The summed E-state index contributed by atoms with van der Waals surface area (Å²) in [6, 6.07) is 0. The lowest BCUT2D eigenvalue weighted by atomic mass is 9.68. The van der Waals surface area contributed by atoms with E-state index in [-0.39, 0.29) is 82.1 Å². The fourth-order valence-corrected chi connectivity index (χ4v) is 6.01. The van der Waals surface area contributed by atoms with Gasteiger partial charge in [-0.15, -0.1) is 0 Å². The van der Waals surface area contributed by atoms with E-state index in [1.54, 1.807) is 14.2 Å². The highest BCUT2D eigenvalue weighted by Gasteiger charge is 2.72. The summed E-state index contributed by atoms with van der Waals surface area (Å²) in [5.41, 5.74) is 5.59. The van der Waals surface area contributed by atoms with Crippen molar-refractivity contribution in [1.82, 2.24) is 32.1 Å². The first-order valence-corrected chi connectivity index (χ1v) is 16.7. The summed E-state index contributed by atoms with van der Waals surface area (Å²) in [5, 5.41) is 10.3. The molecule has 3 aliphatic rings. The van der Waals surface area contributed by atoms with E-state index in [1.807, 2.05) is 0 Å². The third-order valence-corrected chi connectivity index (χ3v) is 8.67. The monoisotopic (exact) mass is 698 g/mol. The zero-order chi connectivity index (χ0) is 35.9. The Labute approximate surface area is 287 Å². The van der Waals surface area contributed by atoms with E-state index >= 15 is 0 Å². The molecule has 2 saturated heterocycles. The lowest BCUT2D eigenvalue weighted by Crippen LogP contribution is -2.56. The summed E-state index contributed by atoms with van der Waals surface area (Å²) >= 11 is 0. The lowest BCUT2D eigenvalue weighted by molar-refractivity contribution is -0.136. The van der Waals surface area contributed by atoms with Crippen LogP contribution in [0.2, 0.25) is 0 Å². The summed E-state index contributed by atoms with van der Waals surface area (Å²) < 4.78 is 34.8. The number of carbonyl (C=O) groups is 5. The maximum absolute atomic E-state index is 12.6. The normalized spacial score (nSPS) is 26.8. The van der Waals surface area contributed by atoms with Crippen molar-refractivity contribution >= 4 is 29.5 Å². The van der Waals surface area contributed by atoms with Crippen molar-refractivity contribution in [2.45, 2.75) is 69.5 Å². The summed E-state index contributed by atoms with van der Waals surface area (Å²) in [5.74, 6) is -2.28. The molecule has 2 aliphatic heterocycles. The standard InChI is InChI=1S/C32H54N6O11/c1-21(2)6-7-25-31(3,49-25)29-28(44-5)24(8-9-32(29)20-47-32)48-30(43)35-11-13-46-15-14-45-12-10-34-27(42)19-38-37-17-23(40)22(39)16-36-26(41)18-33-4/h6,24-25,28-29,33,37-38H,7-20H2,1-5H3,(H,34,42)(H,35,43)(H,36,41)/t24?,25-,28?,29?,31?,32+/m1/s1. The van der Waals surface area contributed by atoms with Gasteiger partial charge in [-0.05, 0) is 47.1 Å². The van der Waals surface area contributed by atoms with Crippen LogP contribution in [0, 0.1) is 5.92 Å². The molecule has 278 valence electrons. The number of alkyl carbamates (subject to hydrolysis) is 1. The van der Waals surface area contributed by atoms with Crippen LogP contribution >= 0.6 is 0 Å². The Morgan fingerprint density at radius 1 is 0.857 bits per heavy atom. The van der Waals surface area contributed by atoms with Crippen LogP contribution in [0.3, 0.4) is 0 Å². The number of Topliss-reactive ketones (excluding diaryl/α,β-unsaturated/α-hetero) is 2. The van der Waals surface area contributed by atoms with E-state index in [0.717, 1.165) is 12.8 Å². The van der Waals surface area contributed by atoms with Crippen LogP contribution in [-0.2, 0) is 47.6 Å². The largest absolute Gasteiger partial charge is 0.443 e. The van der Waals surface area contributed by atoms with E-state index in [9.17, 15) is 24.0 Å². The van der Waals surface area contributed by atoms with E-state index in [1.165, 1.54) is 5.57 Å². The number of rotatable bonds is 24. The van der Waals surface area contributed by atoms with Gasteiger partial charge in [-0.25, -0.2) is 15.6 Å². The van der Waals surface area contributed by atoms with Gasteiger partial charge in [0.05, 0.1) is 71.2 Å². The van der Waals surface area contributed by atoms with Crippen molar-refractivity contribution in [3.8, 4) is 0 Å². The molecule has 0 aromatic heterocycles. The number of likely N-dealkylation sites (N-methyl/N-ethyl adjacent to an activating group) is 1. The summed E-state index contributed by atoms with van der Waals surface area (Å²) in [7, 11) is 3.22. The molecule has 0 aromatic rings. The Balaban J connectivity index is 1.18. The van der Waals surface area contributed by atoms with E-state index in [2.05, 4.69) is 59.0 Å². The Morgan fingerprint density at radius 3 is 2.12 bits per heavy atom. The lowest BCUT2D eigenvalue weighted by Gasteiger charge is -2.42. The number of hydrogen-bond acceptors (Lipinski definition) is 14. The minimum Gasteiger partial charge on any atom is -0.443 e. The van der Waals surface area contributed by atoms with Crippen LogP contribution in [0.15, 0.2) is 11.6 Å². The van der Waals surface area contributed by atoms with Gasteiger partial charge in [-0.3, -0.25) is 19.2 Å². The summed E-state index contributed by atoms with van der Waals surface area (Å²) in [6.07, 6.45) is 3.19. The minimum atomic E-state index is -0.752. The molecule has 1 aliphatic carbocycles. The van der Waals surface area contributed by atoms with Crippen LogP contribution in [0.1, 0.15) is 40.0 Å². The number of hydrogen-bond donors (Lipinski definition) is 6. The average molecular weight is 699 g/mol. The predicted octanol–water partition coefficient (Wildman–Crippen LogP) is -1.49. The van der Waals surface area contributed by atoms with Crippen molar-refractivity contribution in [1.29, 1.82) is 0 Å². The molecular formula is C32H54N6O11. The molecule has 0 aromatic carbocycles. The van der Waals surface area contributed by atoms with Crippen molar-refractivity contribution in [3.05, 3.63) is 11.6 Å². The van der Waals surface area contributed by atoms with Crippen LogP contribution < -0.4 is 32.1 Å². The molecule has 6 N–H and O–H groups in total. The van der Waals surface area contributed by atoms with Crippen LogP contribution in [-0.4, -0.2) is 145 Å². The van der Waals surface area contributed by atoms with Gasteiger partial charge >= 0.3 is 6.09 Å². The first-order valence-electron chi connectivity index (χ1n) is 16.7. The average Bonchev–Trinajstić information content (AvgIpc) is 3.98. The predicted molar refractivity (Wildman–Crippen MR) is 175 cm³/mol. The molecule has 49 heavy (non-hydrogen) atoms. The smallest absolute Gasteiger partial charge is 0.407 e. The zero-order valence-electron chi connectivity index (χ0n) is 29.3. The number of ketones is 2. The topological polar surface area (TPSA) is 220 Å². The van der Waals surface area contributed by atoms with E-state index in [4.69, 9.17) is 28.4 Å². The number of methoxy groups -OCH3 is 1. The number of nitrogens with one attached hydrogen (secondary N) is 6. The summed E-state index contributed by atoms with van der Waals surface area (Å²) in [4.78, 5) is 59.2. The first-order chi connectivity index (χ1) is 23.5. The second kappa shape index (κ2) is 20.0. The molecule has 1 saturated carbocycles. The Kier molecular flexibility index (Phi) is 16.5. The number of epoxide rings is 2. The Bertz CT molecular complexity index is 1160. The molecular weight excluding hydrogens is 644 g/mol. The quantitative estimate of drug-likeness (QED) is 0.0223. The highest BCUT2D eigenvalue weighted by atomic mass is 16.6. The molecule has 3 rings (SSSR count). The highest BCUT2D eigenvalue weighted by molar-refractivity contribution is 6.39. The third kappa shape index (κ3) is 13.0. The van der Waals surface area contributed by atoms with Crippen molar-refractivity contribution in [3.63, 3.8) is 0 Å². The molecule has 3 amide bonds. The number of amides is 3. The van der Waals surface area contributed by atoms with Crippen molar-refractivity contribution in [2.24, 2.45) is 5.92 Å². The van der Waals surface area contributed by atoms with Crippen LogP contribution in [0.4, 0.5) is 4.79 Å². The van der Waals surface area contributed by atoms with Crippen molar-refractivity contribution in [2.75, 3.05) is 86.5 Å². The fraction of sp³-hybridized carbons (Fsp3) is 0.781. The zero-order valence-corrected chi connectivity index (χ0v) is 29.3. The molecule has 17 nitrogen and oxygen atoms in total. The molecule has 4 unspecified atom stereocenters. The molecule has 17 heteroatoms. The van der Waals surface area contributed by atoms with E-state index < -0.39 is 35.3 Å². The Morgan fingerprint density at radius 2 is 1.49 bits per heavy atom. The van der Waals surface area contributed by atoms with Gasteiger partial charge < -0.3 is 49.7 Å². The maximum atomic E-state index is 12.6. The highest BCUT2D eigenvalue weighted by Crippen LogP contribution is 2.59. The fourth-order valence-electron chi connectivity index (χ4n) is 6.01. The van der Waals surface area contributed by atoms with Gasteiger partial charge in [0.25, 0.3) is 0 Å². The maximum Gasteiger partial charge on any atom is 0.407 e. The molecule has 0 bridgehead atoms. The van der Waals surface area contributed by atoms with Gasteiger partial charge in [0, 0.05) is 20.2 Å². The van der Waals surface area contributed by atoms with Crippen LogP contribution in [0.25, 0.3) is 0 Å². The van der Waals surface area contributed by atoms with Gasteiger partial charge in [-0.1, -0.05) is 11.6 Å². The second-order valence-corrected chi connectivity index (χ2v) is 12.7. The third-order valence-electron chi connectivity index (χ3n) is 8.67. The number of carbonyl (C=O) groups excluding carboxylic acids is 5. The molecule has 3 fully saturated rings. The molecule has 1 spiro atoms. The van der Waals surface area contributed by atoms with E-state index in [0.29, 0.717) is 26.2 Å². The molecule has 6 atom stereocenters. The van der Waals surface area contributed by atoms with Gasteiger partial charge in [0.2, 0.25) is 23.4 Å². The molecule has 2 heterocycles. The summed E-state index contributed by atoms with van der Waals surface area (Å²) in [6.45, 7) is 7.73. The van der Waals surface area contributed by atoms with Crippen LogP contribution in [0.5, 0.6) is 0 Å². The SMILES string of the molecule is CNCC(=O)NCC(=O)C(=O)CNNCC(=O)NCCOCCOCCNC(=O)OC1CC[C@]2(CO2)C(C2(C)O[C@@H]2CC=C(C)C)C1OC. The van der Waals surface area contributed by atoms with Gasteiger partial charge in [0.1, 0.15) is 23.4 Å². The van der Waals surface area contributed by atoms with Gasteiger partial charge in [-0.2, -0.15) is 0 Å². The first kappa shape index (κ1) is 40.4. The number of hydrazine groups is 1. The molecule has 0 radical (unpaired) electrons. The Hall–Kier alpha value is -3.03. The minimum absolute atomic E-state index is 0.0385. The van der Waals surface area contributed by atoms with Gasteiger partial charge in [0.15, 0.2) is 0 Å². The number of allylic oxidation sites excluding steroid dienone is 1.